The van der Waals surface area contributed by atoms with Gasteiger partial charge in [-0.25, -0.2) is 9.59 Å². The highest BCUT2D eigenvalue weighted by molar-refractivity contribution is 5.87. The molecule has 0 spiro atoms. The molecule has 1 aliphatic heterocycles. The lowest BCUT2D eigenvalue weighted by molar-refractivity contribution is -0.139. The maximum atomic E-state index is 12.2. The summed E-state index contributed by atoms with van der Waals surface area (Å²) in [4.78, 5) is 44.7. The molecular formula is C21H30N6O6. The minimum atomic E-state index is -1.33. The Labute approximate surface area is 191 Å². The first-order valence-corrected chi connectivity index (χ1v) is 10.6. The summed E-state index contributed by atoms with van der Waals surface area (Å²) in [5.41, 5.74) is 12.1. The van der Waals surface area contributed by atoms with Crippen molar-refractivity contribution in [2.45, 2.75) is 50.9 Å². The monoisotopic (exact) mass is 462 g/mol. The molecule has 12 heteroatoms. The normalized spacial score (nSPS) is 15.5. The third-order valence-electron chi connectivity index (χ3n) is 4.68. The van der Waals surface area contributed by atoms with Gasteiger partial charge in [0.2, 0.25) is 5.91 Å². The molecule has 2 amide bonds. The lowest BCUT2D eigenvalue weighted by Crippen LogP contribution is -2.48. The molecule has 0 bridgehead atoms. The molecule has 2 rings (SSSR count). The molecule has 0 saturated heterocycles. The number of carbonyl (C=O) groups is 3. The maximum absolute atomic E-state index is 12.2. The topological polar surface area (TPSA) is 191 Å². The number of hydrogen-bond donors (Lipinski definition) is 5. The number of aliphatic imine (C=N–C) groups is 1. The smallest absolute Gasteiger partial charge is 0.408 e. The maximum Gasteiger partial charge on any atom is 0.408 e. The van der Waals surface area contributed by atoms with E-state index in [-0.39, 0.29) is 25.5 Å². The first-order chi connectivity index (χ1) is 15.8. The van der Waals surface area contributed by atoms with E-state index in [1.165, 1.54) is 0 Å². The fourth-order valence-corrected chi connectivity index (χ4v) is 2.99. The van der Waals surface area contributed by atoms with Crippen LogP contribution in [0.2, 0.25) is 0 Å². The summed E-state index contributed by atoms with van der Waals surface area (Å²) in [6.45, 7) is 0.252. The summed E-state index contributed by atoms with van der Waals surface area (Å²) >= 11 is 0. The number of guanidine groups is 1. The number of alkyl carbamates (subject to hydrolysis) is 1. The largest absolute Gasteiger partial charge is 0.480 e. The van der Waals surface area contributed by atoms with Crippen molar-refractivity contribution in [2.24, 2.45) is 21.6 Å². The summed E-state index contributed by atoms with van der Waals surface area (Å²) in [7, 11) is 0. The van der Waals surface area contributed by atoms with E-state index in [2.05, 4.69) is 20.8 Å². The quantitative estimate of drug-likeness (QED) is 0.159. The Morgan fingerprint density at radius 3 is 2.70 bits per heavy atom. The number of hydrogen-bond acceptors (Lipinski definition) is 7. The fourth-order valence-electron chi connectivity index (χ4n) is 2.99. The van der Waals surface area contributed by atoms with E-state index in [1.807, 2.05) is 6.07 Å². The molecule has 1 heterocycles. The number of rotatable bonds is 13. The van der Waals surface area contributed by atoms with E-state index in [4.69, 9.17) is 21.0 Å². The Hall–Kier alpha value is -3.83. The van der Waals surface area contributed by atoms with E-state index < -0.39 is 30.1 Å². The van der Waals surface area contributed by atoms with Crippen LogP contribution in [0.4, 0.5) is 4.79 Å². The summed E-state index contributed by atoms with van der Waals surface area (Å²) < 4.78 is 5.01. The van der Waals surface area contributed by atoms with Crippen molar-refractivity contribution >= 4 is 29.6 Å². The molecule has 1 aromatic rings. The lowest BCUT2D eigenvalue weighted by atomic mass is 10.1. The van der Waals surface area contributed by atoms with Gasteiger partial charge >= 0.3 is 12.1 Å². The number of nitrogens with one attached hydrogen (secondary N) is 2. The van der Waals surface area contributed by atoms with Crippen molar-refractivity contribution in [3.8, 4) is 0 Å². The van der Waals surface area contributed by atoms with Gasteiger partial charge in [0.1, 0.15) is 18.8 Å². The van der Waals surface area contributed by atoms with Gasteiger partial charge in [0.15, 0.2) is 5.96 Å². The average molecular weight is 463 g/mol. The molecule has 180 valence electrons. The van der Waals surface area contributed by atoms with Crippen molar-refractivity contribution in [3.63, 3.8) is 0 Å². The first-order valence-electron chi connectivity index (χ1n) is 10.6. The SMILES string of the molecule is NC(N)=NCCCCC1=NOC(CC(=O)NC[C@H](NC(=O)OCc2ccccc2)C(=O)O)C1. The minimum absolute atomic E-state index is 0.00100. The van der Waals surface area contributed by atoms with Crippen molar-refractivity contribution < 1.29 is 29.1 Å². The van der Waals surface area contributed by atoms with Crippen LogP contribution in [0.5, 0.6) is 0 Å². The van der Waals surface area contributed by atoms with Gasteiger partial charge in [-0.05, 0) is 24.8 Å². The molecule has 33 heavy (non-hydrogen) atoms. The first kappa shape index (κ1) is 25.4. The number of amides is 2. The highest BCUT2D eigenvalue weighted by Gasteiger charge is 2.25. The zero-order valence-electron chi connectivity index (χ0n) is 18.2. The number of unbranched alkanes of at least 4 members (excludes halogenated alkanes) is 1. The molecule has 12 nitrogen and oxygen atoms in total. The Morgan fingerprint density at radius 1 is 1.24 bits per heavy atom. The number of carboxylic acids is 1. The van der Waals surface area contributed by atoms with E-state index >= 15 is 0 Å². The van der Waals surface area contributed by atoms with Gasteiger partial charge in [-0.3, -0.25) is 9.79 Å². The summed E-state index contributed by atoms with van der Waals surface area (Å²) in [5.74, 6) is -1.64. The molecule has 0 fully saturated rings. The standard InChI is InChI=1S/C21H30N6O6/c22-20(23)24-9-5-4-8-15-10-16(33-27-15)11-18(28)25-12-17(19(29)30)26-21(31)32-13-14-6-2-1-3-7-14/h1-3,6-7,16-17H,4-5,8-13H2,(H,25,28)(H,26,31)(H,29,30)(H4,22,23,24)/t16?,17-/m0/s1. The van der Waals surface area contributed by atoms with Crippen LogP contribution in [0, 0.1) is 0 Å². The van der Waals surface area contributed by atoms with Crippen LogP contribution in [0.25, 0.3) is 0 Å². The third-order valence-corrected chi connectivity index (χ3v) is 4.68. The van der Waals surface area contributed by atoms with E-state index in [1.54, 1.807) is 24.3 Å². The minimum Gasteiger partial charge on any atom is -0.480 e. The van der Waals surface area contributed by atoms with E-state index in [0.717, 1.165) is 24.1 Å². The molecule has 0 saturated carbocycles. The van der Waals surface area contributed by atoms with Gasteiger partial charge in [0.05, 0.1) is 12.1 Å². The number of carbonyl (C=O) groups excluding carboxylic acids is 2. The summed E-state index contributed by atoms with van der Waals surface area (Å²) in [5, 5.41) is 18.0. The number of nitrogens with two attached hydrogens (primary N) is 2. The molecule has 0 aromatic heterocycles. The molecule has 1 aliphatic rings. The van der Waals surface area contributed by atoms with Gasteiger partial charge in [-0.2, -0.15) is 0 Å². The number of benzene rings is 1. The van der Waals surface area contributed by atoms with Gasteiger partial charge in [-0.1, -0.05) is 35.5 Å². The fraction of sp³-hybridized carbons (Fsp3) is 0.476. The molecule has 1 unspecified atom stereocenters. The van der Waals surface area contributed by atoms with Gasteiger partial charge in [0.25, 0.3) is 0 Å². The zero-order valence-corrected chi connectivity index (χ0v) is 18.2. The predicted molar refractivity (Wildman–Crippen MR) is 120 cm³/mol. The summed E-state index contributed by atoms with van der Waals surface area (Å²) in [6.07, 6.45) is 1.59. The van der Waals surface area contributed by atoms with Gasteiger partial charge in [-0.15, -0.1) is 0 Å². The second kappa shape index (κ2) is 13.6. The van der Waals surface area contributed by atoms with Crippen LogP contribution in [0.3, 0.4) is 0 Å². The van der Waals surface area contributed by atoms with Crippen molar-refractivity contribution in [2.75, 3.05) is 13.1 Å². The Kier molecular flexibility index (Phi) is 10.4. The Balaban J connectivity index is 1.64. The second-order valence-electron chi connectivity index (χ2n) is 7.46. The lowest BCUT2D eigenvalue weighted by Gasteiger charge is -2.16. The number of ether oxygens (including phenoxy) is 1. The zero-order chi connectivity index (χ0) is 24.1. The molecule has 1 aromatic carbocycles. The highest BCUT2D eigenvalue weighted by Crippen LogP contribution is 2.17. The van der Waals surface area contributed by atoms with Crippen LogP contribution in [-0.4, -0.2) is 60.0 Å². The molecule has 0 radical (unpaired) electrons. The second-order valence-corrected chi connectivity index (χ2v) is 7.46. The van der Waals surface area contributed by atoms with Crippen LogP contribution in [0.1, 0.15) is 37.7 Å². The van der Waals surface area contributed by atoms with Crippen molar-refractivity contribution in [1.29, 1.82) is 0 Å². The van der Waals surface area contributed by atoms with Crippen molar-refractivity contribution in [3.05, 3.63) is 35.9 Å². The third kappa shape index (κ3) is 10.4. The van der Waals surface area contributed by atoms with Crippen LogP contribution in [-0.2, 0) is 25.8 Å². The van der Waals surface area contributed by atoms with Gasteiger partial charge < -0.3 is 36.8 Å². The van der Waals surface area contributed by atoms with Crippen LogP contribution in [0.15, 0.2) is 40.5 Å². The highest BCUT2D eigenvalue weighted by atomic mass is 16.6. The van der Waals surface area contributed by atoms with E-state index in [9.17, 15) is 19.5 Å². The number of nitrogens with zero attached hydrogens (tertiary/aromatic N) is 2. The predicted octanol–water partition coefficient (Wildman–Crippen LogP) is 0.461. The molecule has 0 aliphatic carbocycles. The molecular weight excluding hydrogens is 432 g/mol. The Morgan fingerprint density at radius 2 is 2.00 bits per heavy atom. The van der Waals surface area contributed by atoms with Crippen LogP contribution < -0.4 is 22.1 Å². The number of carboxylic acid groups (broad SMARTS) is 1. The number of aliphatic carboxylic acids is 1. The summed E-state index contributed by atoms with van der Waals surface area (Å²) in [6, 6.07) is 7.63. The van der Waals surface area contributed by atoms with E-state index in [0.29, 0.717) is 19.4 Å². The van der Waals surface area contributed by atoms with Gasteiger partial charge in [0, 0.05) is 19.5 Å². The van der Waals surface area contributed by atoms with Crippen LogP contribution >= 0.6 is 0 Å². The average Bonchev–Trinajstić information content (AvgIpc) is 3.22. The molecule has 2 atom stereocenters. The number of oxime groups is 1. The van der Waals surface area contributed by atoms with Crippen molar-refractivity contribution in [1.82, 2.24) is 10.6 Å². The molecule has 7 N–H and O–H groups in total. The Bertz CT molecular complexity index is 856.